The van der Waals surface area contributed by atoms with Gasteiger partial charge in [-0.1, -0.05) is 152 Å². The Kier molecular flexibility index (Phi) is 7.38. The van der Waals surface area contributed by atoms with Crippen molar-refractivity contribution in [2.24, 2.45) is 0 Å². The molecule has 0 atom stereocenters. The number of rotatable bonds is 5. The molecule has 0 saturated carbocycles. The highest BCUT2D eigenvalue weighted by Crippen LogP contribution is 2.50. The summed E-state index contributed by atoms with van der Waals surface area (Å²) < 4.78 is 2.31. The Labute approximate surface area is 323 Å². The fraction of sp³-hybridized carbons (Fsp3) is 0. The number of benzene rings is 8. The Hall–Kier alpha value is -7.70. The maximum atomic E-state index is 5.34. The first-order valence-electron chi connectivity index (χ1n) is 18.7. The Morgan fingerprint density at radius 3 is 1.75 bits per heavy atom. The van der Waals surface area contributed by atoms with Crippen LogP contribution >= 0.6 is 0 Å². The van der Waals surface area contributed by atoms with Crippen LogP contribution in [0.1, 0.15) is 0 Å². The molecule has 56 heavy (non-hydrogen) atoms. The van der Waals surface area contributed by atoms with Crippen molar-refractivity contribution >= 4 is 39.1 Å². The molecule has 0 amide bonds. The number of para-hydroxylation sites is 3. The van der Waals surface area contributed by atoms with Crippen molar-refractivity contribution in [3.63, 3.8) is 0 Å². The van der Waals surface area contributed by atoms with Crippen LogP contribution in [0.3, 0.4) is 0 Å². The lowest BCUT2D eigenvalue weighted by Crippen LogP contribution is -2.14. The minimum Gasteiger partial charge on any atom is -0.280 e. The number of aromatic nitrogens is 5. The molecule has 11 rings (SSSR count). The van der Waals surface area contributed by atoms with Crippen LogP contribution in [0.5, 0.6) is 0 Å². The normalized spacial score (nSPS) is 11.9. The molecule has 0 saturated heterocycles. The zero-order valence-corrected chi connectivity index (χ0v) is 30.2. The SMILES string of the molecule is c1ccc(-c2nc(-c3ccccc3)nc(-c3cccc(-c4cccc(N5c6ccc7ccccc7c6-c6ccccc6-n6c5nc5ccccc56)c4)c3)n2)cc1. The topological polar surface area (TPSA) is 59.7 Å². The third-order valence-electron chi connectivity index (χ3n) is 10.6. The highest BCUT2D eigenvalue weighted by molar-refractivity contribution is 6.08. The van der Waals surface area contributed by atoms with Crippen molar-refractivity contribution in [3.05, 3.63) is 194 Å². The molecule has 10 aromatic rings. The van der Waals surface area contributed by atoms with Gasteiger partial charge in [-0.2, -0.15) is 0 Å². The number of anilines is 3. The fourth-order valence-electron chi connectivity index (χ4n) is 7.97. The number of imidazole rings is 1. The van der Waals surface area contributed by atoms with E-state index in [0.717, 1.165) is 67.4 Å². The monoisotopic (exact) mass is 716 g/mol. The molecule has 1 aliphatic heterocycles. The summed E-state index contributed by atoms with van der Waals surface area (Å²) in [5, 5.41) is 2.39. The average Bonchev–Trinajstić information content (AvgIpc) is 3.60. The summed E-state index contributed by atoms with van der Waals surface area (Å²) in [7, 11) is 0. The van der Waals surface area contributed by atoms with Gasteiger partial charge in [0.25, 0.3) is 0 Å². The van der Waals surface area contributed by atoms with E-state index < -0.39 is 0 Å². The molecule has 0 aliphatic carbocycles. The molecule has 3 heterocycles. The molecule has 0 radical (unpaired) electrons. The van der Waals surface area contributed by atoms with Crippen LogP contribution < -0.4 is 4.90 Å². The molecule has 0 unspecified atom stereocenters. The molecule has 1 aliphatic rings. The Morgan fingerprint density at radius 2 is 0.964 bits per heavy atom. The number of nitrogens with zero attached hydrogens (tertiary/aromatic N) is 6. The summed E-state index contributed by atoms with van der Waals surface area (Å²) >= 11 is 0. The summed E-state index contributed by atoms with van der Waals surface area (Å²) in [5.74, 6) is 2.73. The van der Waals surface area contributed by atoms with E-state index in [2.05, 4.69) is 143 Å². The third kappa shape index (κ3) is 5.27. The van der Waals surface area contributed by atoms with Gasteiger partial charge in [-0.05, 0) is 64.4 Å². The Bertz CT molecular complexity index is 3040. The smallest absolute Gasteiger partial charge is 0.220 e. The van der Waals surface area contributed by atoms with Crippen LogP contribution in [0.4, 0.5) is 17.3 Å². The molecule has 6 heteroatoms. The molecule has 0 bridgehead atoms. The van der Waals surface area contributed by atoms with Crippen molar-refractivity contribution in [2.45, 2.75) is 0 Å². The van der Waals surface area contributed by atoms with Gasteiger partial charge in [0.2, 0.25) is 5.95 Å². The predicted molar refractivity (Wildman–Crippen MR) is 227 cm³/mol. The van der Waals surface area contributed by atoms with E-state index in [0.29, 0.717) is 17.5 Å². The third-order valence-corrected chi connectivity index (χ3v) is 10.6. The number of hydrogen-bond donors (Lipinski definition) is 0. The molecular weight excluding hydrogens is 685 g/mol. The maximum Gasteiger partial charge on any atom is 0.220 e. The average molecular weight is 717 g/mol. The van der Waals surface area contributed by atoms with E-state index in [1.165, 1.54) is 16.3 Å². The van der Waals surface area contributed by atoms with Crippen LogP contribution in [0.25, 0.3) is 83.9 Å². The summed E-state index contributed by atoms with van der Waals surface area (Å²) in [6.45, 7) is 0. The molecule has 262 valence electrons. The first-order chi connectivity index (χ1) is 27.8. The van der Waals surface area contributed by atoms with Crippen LogP contribution in [-0.4, -0.2) is 24.5 Å². The highest BCUT2D eigenvalue weighted by Gasteiger charge is 2.30. The molecule has 0 fully saturated rings. The van der Waals surface area contributed by atoms with E-state index in [9.17, 15) is 0 Å². The first kappa shape index (κ1) is 31.8. The molecule has 0 N–H and O–H groups in total. The minimum atomic E-state index is 0.621. The fourth-order valence-corrected chi connectivity index (χ4v) is 7.97. The largest absolute Gasteiger partial charge is 0.280 e. The van der Waals surface area contributed by atoms with E-state index in [1.54, 1.807) is 0 Å². The van der Waals surface area contributed by atoms with Crippen LogP contribution in [0.2, 0.25) is 0 Å². The summed E-state index contributed by atoms with van der Waals surface area (Å²) in [6, 6.07) is 67.6. The summed E-state index contributed by atoms with van der Waals surface area (Å²) in [5.41, 5.74) is 12.4. The number of fused-ring (bicyclic) bond motifs is 9. The molecule has 8 aromatic carbocycles. The van der Waals surface area contributed by atoms with E-state index in [-0.39, 0.29) is 0 Å². The predicted octanol–water partition coefficient (Wildman–Crippen LogP) is 12.5. The van der Waals surface area contributed by atoms with Crippen molar-refractivity contribution in [1.29, 1.82) is 0 Å². The highest BCUT2D eigenvalue weighted by atomic mass is 15.3. The molecule has 0 spiro atoms. The minimum absolute atomic E-state index is 0.621. The van der Waals surface area contributed by atoms with Gasteiger partial charge < -0.3 is 0 Å². The lowest BCUT2D eigenvalue weighted by atomic mass is 9.94. The van der Waals surface area contributed by atoms with Gasteiger partial charge in [0, 0.05) is 33.5 Å². The maximum absolute atomic E-state index is 5.34. The van der Waals surface area contributed by atoms with Crippen molar-refractivity contribution < 1.29 is 0 Å². The first-order valence-corrected chi connectivity index (χ1v) is 18.7. The van der Waals surface area contributed by atoms with Crippen molar-refractivity contribution in [2.75, 3.05) is 4.90 Å². The second-order valence-electron chi connectivity index (χ2n) is 13.9. The second kappa shape index (κ2) is 13.0. The molecule has 2 aromatic heterocycles. The number of hydrogen-bond acceptors (Lipinski definition) is 5. The molecular formula is C50H32N6. The second-order valence-corrected chi connectivity index (χ2v) is 13.9. The van der Waals surface area contributed by atoms with Gasteiger partial charge in [-0.15, -0.1) is 0 Å². The summed E-state index contributed by atoms with van der Waals surface area (Å²) in [4.78, 5) is 22.6. The van der Waals surface area contributed by atoms with E-state index in [1.807, 2.05) is 60.7 Å². The van der Waals surface area contributed by atoms with Gasteiger partial charge in [0.05, 0.1) is 22.4 Å². The van der Waals surface area contributed by atoms with Gasteiger partial charge >= 0.3 is 0 Å². The van der Waals surface area contributed by atoms with Gasteiger partial charge in [-0.3, -0.25) is 9.47 Å². The van der Waals surface area contributed by atoms with E-state index in [4.69, 9.17) is 19.9 Å². The lowest BCUT2D eigenvalue weighted by Gasteiger charge is -2.25. The summed E-state index contributed by atoms with van der Waals surface area (Å²) in [6.07, 6.45) is 0. The lowest BCUT2D eigenvalue weighted by molar-refractivity contribution is 1.05. The van der Waals surface area contributed by atoms with Crippen LogP contribution in [0.15, 0.2) is 194 Å². The van der Waals surface area contributed by atoms with Gasteiger partial charge in [0.1, 0.15) is 0 Å². The zero-order valence-electron chi connectivity index (χ0n) is 30.2. The van der Waals surface area contributed by atoms with Crippen molar-refractivity contribution in [3.8, 4) is 62.1 Å². The Balaban J connectivity index is 1.09. The van der Waals surface area contributed by atoms with Crippen LogP contribution in [-0.2, 0) is 0 Å². The molecule has 6 nitrogen and oxygen atoms in total. The van der Waals surface area contributed by atoms with Crippen LogP contribution in [0, 0.1) is 0 Å². The standard InChI is InChI=1S/C50H32N6/c1-3-16-34(17-4-1)47-52-48(35-18-5-2-6-19-35)54-49(53-47)38-22-13-20-36(31-38)37-21-14-23-39(32-37)55-45-30-29-33-15-7-8-24-40(33)46(45)41-25-9-11-27-43(41)56-44-28-12-10-26-42(44)51-50(55)56/h1-32H. The zero-order chi connectivity index (χ0) is 37.0. The van der Waals surface area contributed by atoms with E-state index >= 15 is 0 Å². The quantitative estimate of drug-likeness (QED) is 0.177. The van der Waals surface area contributed by atoms with Gasteiger partial charge in [0.15, 0.2) is 17.5 Å². The van der Waals surface area contributed by atoms with Crippen molar-refractivity contribution in [1.82, 2.24) is 24.5 Å². The van der Waals surface area contributed by atoms with Gasteiger partial charge in [-0.25, -0.2) is 19.9 Å². The Morgan fingerprint density at radius 1 is 0.375 bits per heavy atom.